The summed E-state index contributed by atoms with van der Waals surface area (Å²) in [7, 11) is 0. The molecule has 0 heterocycles. The molecule has 2 aliphatic carbocycles. The smallest absolute Gasteiger partial charge is 0.178 e. The number of benzene rings is 2. The van der Waals surface area contributed by atoms with Crippen LogP contribution in [-0.4, -0.2) is 11.6 Å². The van der Waals surface area contributed by atoms with Crippen molar-refractivity contribution in [2.45, 2.75) is 12.3 Å². The molecule has 0 N–H and O–H groups in total. The summed E-state index contributed by atoms with van der Waals surface area (Å²) in [5.74, 6) is -0.213. The van der Waals surface area contributed by atoms with Gasteiger partial charge in [0, 0.05) is 17.0 Å². The predicted molar refractivity (Wildman–Crippen MR) is 80.5 cm³/mol. The Kier molecular flexibility index (Phi) is 2.49. The number of fused-ring (bicyclic) bond motifs is 1. The van der Waals surface area contributed by atoms with Crippen LogP contribution in [0.3, 0.4) is 0 Å². The number of rotatable bonds is 1. The van der Waals surface area contributed by atoms with E-state index >= 15 is 0 Å². The second-order valence-electron chi connectivity index (χ2n) is 5.70. The fourth-order valence-corrected chi connectivity index (χ4v) is 3.67. The van der Waals surface area contributed by atoms with Crippen molar-refractivity contribution in [1.29, 1.82) is 0 Å². The Morgan fingerprint density at radius 1 is 0.810 bits per heavy atom. The third kappa shape index (κ3) is 1.47. The molecule has 4 rings (SSSR count). The minimum atomic E-state index is -0.953. The summed E-state index contributed by atoms with van der Waals surface area (Å²) in [6.45, 7) is 0. The maximum Gasteiger partial charge on any atom is 0.178 e. The Bertz CT molecular complexity index is 736. The summed E-state index contributed by atoms with van der Waals surface area (Å²) in [5, 5.41) is 0. The number of hydrogen-bond donors (Lipinski definition) is 0. The molecule has 0 saturated heterocycles. The molecule has 0 aliphatic heterocycles. The van der Waals surface area contributed by atoms with Crippen LogP contribution in [0.4, 0.5) is 0 Å². The Morgan fingerprint density at radius 2 is 1.38 bits per heavy atom. The summed E-state index contributed by atoms with van der Waals surface area (Å²) in [6, 6.07) is 17.0. The van der Waals surface area contributed by atoms with Gasteiger partial charge in [0.15, 0.2) is 11.6 Å². The minimum Gasteiger partial charge on any atom is -0.293 e. The second-order valence-corrected chi connectivity index (χ2v) is 5.70. The highest BCUT2D eigenvalue weighted by atomic mass is 16.2. The SMILES string of the molecule is O=C1c2ccccc2C(=O)C12CC=CC2c1ccccc1. The Balaban J connectivity index is 1.89. The van der Waals surface area contributed by atoms with Crippen LogP contribution in [0.25, 0.3) is 0 Å². The quantitative estimate of drug-likeness (QED) is 0.585. The highest BCUT2D eigenvalue weighted by Crippen LogP contribution is 2.53. The standard InChI is InChI=1S/C19H14O2/c20-17-14-9-4-5-10-15(14)18(21)19(17)12-6-11-16(19)13-7-2-1-3-8-13/h1-11,16H,12H2. The van der Waals surface area contributed by atoms with Gasteiger partial charge in [-0.1, -0.05) is 66.7 Å². The van der Waals surface area contributed by atoms with Crippen LogP contribution in [0, 0.1) is 5.41 Å². The van der Waals surface area contributed by atoms with Crippen molar-refractivity contribution in [2.24, 2.45) is 5.41 Å². The van der Waals surface area contributed by atoms with Crippen molar-refractivity contribution in [3.63, 3.8) is 0 Å². The van der Waals surface area contributed by atoms with Gasteiger partial charge >= 0.3 is 0 Å². The normalized spacial score (nSPS) is 22.0. The maximum absolute atomic E-state index is 13.0. The highest BCUT2D eigenvalue weighted by molar-refractivity contribution is 6.30. The Labute approximate surface area is 123 Å². The number of ketones is 2. The van der Waals surface area contributed by atoms with Crippen LogP contribution in [0.1, 0.15) is 38.6 Å². The molecule has 2 aliphatic rings. The van der Waals surface area contributed by atoms with E-state index in [1.165, 1.54) is 0 Å². The van der Waals surface area contributed by atoms with Gasteiger partial charge in [-0.05, 0) is 12.0 Å². The van der Waals surface area contributed by atoms with Crippen molar-refractivity contribution in [3.05, 3.63) is 83.4 Å². The molecule has 0 aromatic heterocycles. The molecule has 0 bridgehead atoms. The maximum atomic E-state index is 13.0. The van der Waals surface area contributed by atoms with E-state index in [0.717, 1.165) is 5.56 Å². The van der Waals surface area contributed by atoms with Crippen molar-refractivity contribution in [2.75, 3.05) is 0 Å². The van der Waals surface area contributed by atoms with Gasteiger partial charge in [-0.25, -0.2) is 0 Å². The molecular formula is C19H14O2. The molecule has 0 radical (unpaired) electrons. The number of carbonyl (C=O) groups excluding carboxylic acids is 2. The van der Waals surface area contributed by atoms with Crippen LogP contribution >= 0.6 is 0 Å². The fraction of sp³-hybridized carbons (Fsp3) is 0.158. The van der Waals surface area contributed by atoms with Gasteiger partial charge in [0.25, 0.3) is 0 Å². The molecule has 2 aromatic rings. The molecule has 1 unspecified atom stereocenters. The van der Waals surface area contributed by atoms with Gasteiger partial charge in [-0.15, -0.1) is 0 Å². The van der Waals surface area contributed by atoms with E-state index < -0.39 is 5.41 Å². The zero-order valence-corrected chi connectivity index (χ0v) is 11.5. The van der Waals surface area contributed by atoms with Crippen LogP contribution in [-0.2, 0) is 0 Å². The molecule has 2 nitrogen and oxygen atoms in total. The second kappa shape index (κ2) is 4.26. The van der Waals surface area contributed by atoms with Crippen molar-refractivity contribution >= 4 is 11.6 Å². The van der Waals surface area contributed by atoms with Crippen molar-refractivity contribution in [1.82, 2.24) is 0 Å². The third-order valence-corrected chi connectivity index (χ3v) is 4.68. The van der Waals surface area contributed by atoms with E-state index in [-0.39, 0.29) is 17.5 Å². The first kappa shape index (κ1) is 12.3. The van der Waals surface area contributed by atoms with E-state index in [1.54, 1.807) is 12.1 Å². The topological polar surface area (TPSA) is 34.1 Å². The largest absolute Gasteiger partial charge is 0.293 e. The lowest BCUT2D eigenvalue weighted by Crippen LogP contribution is -2.36. The zero-order valence-electron chi connectivity index (χ0n) is 11.5. The monoisotopic (exact) mass is 274 g/mol. The molecule has 1 atom stereocenters. The van der Waals surface area contributed by atoms with Gasteiger partial charge in [-0.2, -0.15) is 0 Å². The van der Waals surface area contributed by atoms with E-state index in [1.807, 2.05) is 54.6 Å². The molecule has 102 valence electrons. The minimum absolute atomic E-state index is 0.0260. The first-order chi connectivity index (χ1) is 10.2. The van der Waals surface area contributed by atoms with Gasteiger partial charge in [0.2, 0.25) is 0 Å². The Morgan fingerprint density at radius 3 is 2.00 bits per heavy atom. The lowest BCUT2D eigenvalue weighted by molar-refractivity contribution is 0.0690. The molecule has 0 fully saturated rings. The lowest BCUT2D eigenvalue weighted by atomic mass is 9.70. The van der Waals surface area contributed by atoms with Crippen LogP contribution in [0.5, 0.6) is 0 Å². The van der Waals surface area contributed by atoms with Crippen molar-refractivity contribution < 1.29 is 9.59 Å². The summed E-state index contributed by atoms with van der Waals surface area (Å²) in [4.78, 5) is 25.9. The van der Waals surface area contributed by atoms with E-state index in [0.29, 0.717) is 17.5 Å². The molecule has 1 spiro atoms. The predicted octanol–water partition coefficient (Wildman–Crippen LogP) is 3.80. The lowest BCUT2D eigenvalue weighted by Gasteiger charge is -2.28. The van der Waals surface area contributed by atoms with Crippen LogP contribution in [0.2, 0.25) is 0 Å². The first-order valence-electron chi connectivity index (χ1n) is 7.15. The van der Waals surface area contributed by atoms with Gasteiger partial charge in [-0.3, -0.25) is 9.59 Å². The molecular weight excluding hydrogens is 260 g/mol. The number of allylic oxidation sites excluding steroid dienone is 2. The third-order valence-electron chi connectivity index (χ3n) is 4.68. The number of carbonyl (C=O) groups is 2. The molecule has 2 aromatic carbocycles. The van der Waals surface area contributed by atoms with Crippen LogP contribution < -0.4 is 0 Å². The summed E-state index contributed by atoms with van der Waals surface area (Å²) < 4.78 is 0. The van der Waals surface area contributed by atoms with E-state index in [2.05, 4.69) is 0 Å². The number of hydrogen-bond acceptors (Lipinski definition) is 2. The highest BCUT2D eigenvalue weighted by Gasteiger charge is 2.58. The van der Waals surface area contributed by atoms with Gasteiger partial charge in [0.1, 0.15) is 5.41 Å². The molecule has 0 saturated carbocycles. The number of Topliss-reactive ketones (excluding diaryl/α,β-unsaturated/α-hetero) is 2. The van der Waals surface area contributed by atoms with E-state index in [4.69, 9.17) is 0 Å². The summed E-state index contributed by atoms with van der Waals surface area (Å²) >= 11 is 0. The molecule has 2 heteroatoms. The van der Waals surface area contributed by atoms with Crippen molar-refractivity contribution in [3.8, 4) is 0 Å². The van der Waals surface area contributed by atoms with Crippen LogP contribution in [0.15, 0.2) is 66.7 Å². The molecule has 21 heavy (non-hydrogen) atoms. The fourth-order valence-electron chi connectivity index (χ4n) is 3.67. The average molecular weight is 274 g/mol. The molecule has 0 amide bonds. The van der Waals surface area contributed by atoms with Gasteiger partial charge < -0.3 is 0 Å². The van der Waals surface area contributed by atoms with E-state index in [9.17, 15) is 9.59 Å². The van der Waals surface area contributed by atoms with Gasteiger partial charge in [0.05, 0.1) is 0 Å². The Hall–Kier alpha value is -2.48. The average Bonchev–Trinajstić information content (AvgIpc) is 3.07. The first-order valence-corrected chi connectivity index (χ1v) is 7.15. The zero-order chi connectivity index (χ0) is 14.4. The summed E-state index contributed by atoms with van der Waals surface area (Å²) in [6.07, 6.45) is 4.48. The summed E-state index contributed by atoms with van der Waals surface area (Å²) in [5.41, 5.74) is 1.23.